The van der Waals surface area contributed by atoms with E-state index in [1.807, 2.05) is 0 Å². The van der Waals surface area contributed by atoms with Crippen LogP contribution in [0.1, 0.15) is 16.1 Å². The maximum absolute atomic E-state index is 13.0. The average Bonchev–Trinajstić information content (AvgIpc) is 2.87. The van der Waals surface area contributed by atoms with Crippen molar-refractivity contribution >= 4 is 28.1 Å². The van der Waals surface area contributed by atoms with Crippen LogP contribution in [0.3, 0.4) is 0 Å². The summed E-state index contributed by atoms with van der Waals surface area (Å²) >= 11 is 3.06. The fourth-order valence-electron chi connectivity index (χ4n) is 1.22. The van der Waals surface area contributed by atoms with Gasteiger partial charge >= 0.3 is 5.91 Å². The van der Waals surface area contributed by atoms with Crippen LogP contribution in [0.25, 0.3) is 0 Å². The van der Waals surface area contributed by atoms with Crippen LogP contribution in [-0.4, -0.2) is 12.1 Å². The van der Waals surface area contributed by atoms with E-state index in [0.717, 1.165) is 0 Å². The second-order valence-corrected chi connectivity index (χ2v) is 4.20. The summed E-state index contributed by atoms with van der Waals surface area (Å²) in [5.41, 5.74) is 2.95. The van der Waals surface area contributed by atoms with Gasteiger partial charge in [0.25, 0.3) is 0 Å². The van der Waals surface area contributed by atoms with E-state index in [2.05, 4.69) is 26.5 Å². The summed E-state index contributed by atoms with van der Waals surface area (Å²) in [6.45, 7) is 0. The Morgan fingerprint density at radius 1 is 1.44 bits per heavy atom. The molecule has 1 heterocycles. The minimum absolute atomic E-state index is 0.174. The number of hydrogen-bond acceptors (Lipinski definition) is 3. The van der Waals surface area contributed by atoms with Crippen LogP contribution in [0, 0.1) is 5.82 Å². The molecule has 2 rings (SSSR count). The molecule has 18 heavy (non-hydrogen) atoms. The summed E-state index contributed by atoms with van der Waals surface area (Å²) in [6, 6.07) is 7.54. The minimum atomic E-state index is -0.447. The Morgan fingerprint density at radius 2 is 2.28 bits per heavy atom. The molecule has 92 valence electrons. The summed E-state index contributed by atoms with van der Waals surface area (Å²) in [4.78, 5) is 11.4. The van der Waals surface area contributed by atoms with Crippen LogP contribution >= 0.6 is 15.9 Å². The molecule has 0 bridgehead atoms. The molecule has 0 fully saturated rings. The zero-order chi connectivity index (χ0) is 13.0. The van der Waals surface area contributed by atoms with Gasteiger partial charge in [-0.25, -0.2) is 9.82 Å². The number of nitrogens with one attached hydrogen (secondary N) is 1. The molecule has 1 N–H and O–H groups in total. The third-order valence-corrected chi connectivity index (χ3v) is 2.68. The first-order valence-corrected chi connectivity index (χ1v) is 5.78. The van der Waals surface area contributed by atoms with Crippen molar-refractivity contribution in [3.05, 3.63) is 58.2 Å². The molecule has 0 radical (unpaired) electrons. The highest BCUT2D eigenvalue weighted by Gasteiger charge is 2.05. The maximum Gasteiger partial charge on any atom is 0.307 e. The SMILES string of the molecule is O=C(N/N=C\c1ccc(F)c(Br)c1)c1ccco1. The van der Waals surface area contributed by atoms with Crippen molar-refractivity contribution in [2.45, 2.75) is 0 Å². The largest absolute Gasteiger partial charge is 0.459 e. The van der Waals surface area contributed by atoms with E-state index in [1.165, 1.54) is 24.6 Å². The van der Waals surface area contributed by atoms with E-state index < -0.39 is 5.91 Å². The van der Waals surface area contributed by atoms with Crippen LogP contribution in [0.2, 0.25) is 0 Å². The van der Waals surface area contributed by atoms with Crippen molar-refractivity contribution in [1.82, 2.24) is 5.43 Å². The summed E-state index contributed by atoms with van der Waals surface area (Å²) in [6.07, 6.45) is 2.81. The summed E-state index contributed by atoms with van der Waals surface area (Å²) in [5.74, 6) is -0.628. The van der Waals surface area contributed by atoms with Crippen LogP contribution in [0.4, 0.5) is 4.39 Å². The highest BCUT2D eigenvalue weighted by atomic mass is 79.9. The second-order valence-electron chi connectivity index (χ2n) is 3.35. The van der Waals surface area contributed by atoms with Gasteiger partial charge in [-0.15, -0.1) is 0 Å². The number of carbonyl (C=O) groups excluding carboxylic acids is 1. The number of carbonyl (C=O) groups is 1. The standard InChI is InChI=1S/C12H8BrFN2O2/c13-9-6-8(3-4-10(9)14)7-15-16-12(17)11-2-1-5-18-11/h1-7H,(H,16,17)/b15-7-. The van der Waals surface area contributed by atoms with Crippen LogP contribution in [0.5, 0.6) is 0 Å². The lowest BCUT2D eigenvalue weighted by Crippen LogP contribution is -2.16. The fourth-order valence-corrected chi connectivity index (χ4v) is 1.62. The minimum Gasteiger partial charge on any atom is -0.459 e. The van der Waals surface area contributed by atoms with Crippen molar-refractivity contribution in [2.24, 2.45) is 5.10 Å². The van der Waals surface area contributed by atoms with Crippen molar-refractivity contribution in [2.75, 3.05) is 0 Å². The van der Waals surface area contributed by atoms with Gasteiger partial charge in [0.05, 0.1) is 17.0 Å². The highest BCUT2D eigenvalue weighted by molar-refractivity contribution is 9.10. The molecule has 6 heteroatoms. The van der Waals surface area contributed by atoms with Gasteiger partial charge in [0, 0.05) is 0 Å². The van der Waals surface area contributed by atoms with E-state index in [4.69, 9.17) is 4.42 Å². The first kappa shape index (κ1) is 12.5. The molecule has 0 aliphatic heterocycles. The topological polar surface area (TPSA) is 54.6 Å². The monoisotopic (exact) mass is 310 g/mol. The molecular formula is C12H8BrFN2O2. The van der Waals surface area contributed by atoms with Crippen LogP contribution in [-0.2, 0) is 0 Å². The van der Waals surface area contributed by atoms with E-state index in [1.54, 1.807) is 18.2 Å². The number of furan rings is 1. The zero-order valence-corrected chi connectivity index (χ0v) is 10.6. The van der Waals surface area contributed by atoms with Gasteiger partial charge < -0.3 is 4.42 Å². The van der Waals surface area contributed by atoms with Crippen LogP contribution in [0.15, 0.2) is 50.6 Å². The molecule has 1 aromatic heterocycles. The Bertz CT molecular complexity index is 582. The number of rotatable bonds is 3. The molecule has 0 unspecified atom stereocenters. The lowest BCUT2D eigenvalue weighted by atomic mass is 10.2. The average molecular weight is 311 g/mol. The summed E-state index contributed by atoms with van der Waals surface area (Å²) in [7, 11) is 0. The fraction of sp³-hybridized carbons (Fsp3) is 0. The van der Waals surface area contributed by atoms with Gasteiger partial charge in [-0.2, -0.15) is 5.10 Å². The molecule has 0 aliphatic carbocycles. The molecular weight excluding hydrogens is 303 g/mol. The number of nitrogens with zero attached hydrogens (tertiary/aromatic N) is 1. The molecule has 0 saturated heterocycles. The quantitative estimate of drug-likeness (QED) is 0.700. The molecule has 1 amide bonds. The van der Waals surface area contributed by atoms with Gasteiger partial charge in [-0.1, -0.05) is 6.07 Å². The first-order valence-electron chi connectivity index (χ1n) is 4.99. The van der Waals surface area contributed by atoms with Crippen molar-refractivity contribution < 1.29 is 13.6 Å². The Hall–Kier alpha value is -1.95. The van der Waals surface area contributed by atoms with E-state index in [0.29, 0.717) is 10.0 Å². The van der Waals surface area contributed by atoms with Gasteiger partial charge in [-0.05, 0) is 45.8 Å². The third-order valence-electron chi connectivity index (χ3n) is 2.07. The highest BCUT2D eigenvalue weighted by Crippen LogP contribution is 2.15. The predicted molar refractivity (Wildman–Crippen MR) is 67.9 cm³/mol. The van der Waals surface area contributed by atoms with Gasteiger partial charge in [-0.3, -0.25) is 4.79 Å². The first-order chi connectivity index (χ1) is 8.66. The number of halogens is 2. The molecule has 0 saturated carbocycles. The summed E-state index contributed by atoms with van der Waals surface area (Å²) < 4.78 is 18.2. The Labute approximate surface area is 111 Å². The second kappa shape index (κ2) is 5.59. The van der Waals surface area contributed by atoms with E-state index >= 15 is 0 Å². The third kappa shape index (κ3) is 3.04. The number of benzene rings is 1. The number of amides is 1. The van der Waals surface area contributed by atoms with Crippen LogP contribution < -0.4 is 5.43 Å². The predicted octanol–water partition coefficient (Wildman–Crippen LogP) is 2.95. The summed E-state index contributed by atoms with van der Waals surface area (Å²) in [5, 5.41) is 3.74. The smallest absolute Gasteiger partial charge is 0.307 e. The molecule has 0 aliphatic rings. The molecule has 1 aromatic carbocycles. The molecule has 4 nitrogen and oxygen atoms in total. The zero-order valence-electron chi connectivity index (χ0n) is 9.06. The van der Waals surface area contributed by atoms with Gasteiger partial charge in [0.15, 0.2) is 5.76 Å². The van der Waals surface area contributed by atoms with Crippen molar-refractivity contribution in [3.8, 4) is 0 Å². The number of hydrazone groups is 1. The van der Waals surface area contributed by atoms with Gasteiger partial charge in [0.2, 0.25) is 0 Å². The lowest BCUT2D eigenvalue weighted by molar-refractivity contribution is 0.0927. The Kier molecular flexibility index (Phi) is 3.88. The van der Waals surface area contributed by atoms with Crippen molar-refractivity contribution in [3.63, 3.8) is 0 Å². The molecule has 0 atom stereocenters. The van der Waals surface area contributed by atoms with Crippen molar-refractivity contribution in [1.29, 1.82) is 0 Å². The normalized spacial score (nSPS) is 10.8. The Morgan fingerprint density at radius 3 is 2.94 bits per heavy atom. The molecule has 0 spiro atoms. The van der Waals surface area contributed by atoms with E-state index in [-0.39, 0.29) is 11.6 Å². The molecule has 2 aromatic rings. The maximum atomic E-state index is 13.0. The lowest BCUT2D eigenvalue weighted by Gasteiger charge is -1.97. The van der Waals surface area contributed by atoms with E-state index in [9.17, 15) is 9.18 Å². The number of hydrogen-bond donors (Lipinski definition) is 1. The Balaban J connectivity index is 1.99. The van der Waals surface area contributed by atoms with Gasteiger partial charge in [0.1, 0.15) is 5.82 Å².